The summed E-state index contributed by atoms with van der Waals surface area (Å²) >= 11 is 0. The first kappa shape index (κ1) is 7.15. The second kappa shape index (κ2) is 3.27. The first-order chi connectivity index (χ1) is 4.84. The van der Waals surface area contributed by atoms with Crippen LogP contribution in [0.15, 0.2) is 18.7 Å². The van der Waals surface area contributed by atoms with Gasteiger partial charge in [-0.05, 0) is 14.0 Å². The molecule has 3 nitrogen and oxygen atoms in total. The average molecular weight is 137 g/mol. The van der Waals surface area contributed by atoms with Gasteiger partial charge in [0.1, 0.15) is 6.33 Å². The second-order valence-electron chi connectivity index (χ2n) is 2.18. The molecule has 10 heavy (non-hydrogen) atoms. The molecule has 54 valence electrons. The van der Waals surface area contributed by atoms with E-state index in [0.717, 1.165) is 5.56 Å². The predicted molar refractivity (Wildman–Crippen MR) is 39.5 cm³/mol. The molecule has 0 saturated carbocycles. The zero-order valence-electron chi connectivity index (χ0n) is 6.20. The van der Waals surface area contributed by atoms with Crippen LogP contribution in [0.4, 0.5) is 0 Å². The lowest BCUT2D eigenvalue weighted by Crippen LogP contribution is -2.12. The summed E-state index contributed by atoms with van der Waals surface area (Å²) in [6.07, 6.45) is 5.16. The maximum absolute atomic E-state index is 3.90. The van der Waals surface area contributed by atoms with E-state index in [4.69, 9.17) is 0 Å². The van der Waals surface area contributed by atoms with Crippen molar-refractivity contribution in [1.29, 1.82) is 0 Å². The molecule has 0 saturated heterocycles. The first-order valence-electron chi connectivity index (χ1n) is 3.26. The smallest absolute Gasteiger partial charge is 0.115 e. The highest BCUT2D eigenvalue weighted by Crippen LogP contribution is 2.06. The van der Waals surface area contributed by atoms with Gasteiger partial charge in [-0.3, -0.25) is 0 Å². The maximum Gasteiger partial charge on any atom is 0.115 e. The molecule has 1 heterocycles. The van der Waals surface area contributed by atoms with Crippen LogP contribution in [0.5, 0.6) is 0 Å². The van der Waals surface area contributed by atoms with Gasteiger partial charge in [0.25, 0.3) is 0 Å². The van der Waals surface area contributed by atoms with Crippen LogP contribution in [-0.4, -0.2) is 17.0 Å². The van der Waals surface area contributed by atoms with Gasteiger partial charge in [-0.2, -0.15) is 0 Å². The van der Waals surface area contributed by atoms with Crippen LogP contribution in [0.3, 0.4) is 0 Å². The minimum absolute atomic E-state index is 0.334. The molecule has 0 aromatic carbocycles. The molecule has 0 spiro atoms. The molecular formula is C7H11N3. The van der Waals surface area contributed by atoms with Gasteiger partial charge in [0.2, 0.25) is 0 Å². The number of hydrogen-bond acceptors (Lipinski definition) is 3. The normalized spacial score (nSPS) is 13.0. The van der Waals surface area contributed by atoms with Crippen LogP contribution >= 0.6 is 0 Å². The number of rotatable bonds is 2. The minimum Gasteiger partial charge on any atom is -0.313 e. The van der Waals surface area contributed by atoms with Crippen molar-refractivity contribution in [3.63, 3.8) is 0 Å². The van der Waals surface area contributed by atoms with E-state index in [2.05, 4.69) is 22.2 Å². The van der Waals surface area contributed by atoms with Crippen molar-refractivity contribution in [1.82, 2.24) is 15.3 Å². The summed E-state index contributed by atoms with van der Waals surface area (Å²) in [7, 11) is 1.91. The summed E-state index contributed by atoms with van der Waals surface area (Å²) in [4.78, 5) is 7.81. The summed E-state index contributed by atoms with van der Waals surface area (Å²) < 4.78 is 0. The molecular weight excluding hydrogens is 126 g/mol. The van der Waals surface area contributed by atoms with E-state index in [9.17, 15) is 0 Å². The molecule has 0 amide bonds. The van der Waals surface area contributed by atoms with Crippen LogP contribution in [0.1, 0.15) is 18.5 Å². The molecule has 0 radical (unpaired) electrons. The molecule has 0 aliphatic heterocycles. The highest BCUT2D eigenvalue weighted by molar-refractivity contribution is 5.07. The lowest BCUT2D eigenvalue weighted by molar-refractivity contribution is 0.646. The Labute approximate surface area is 60.5 Å². The van der Waals surface area contributed by atoms with E-state index in [1.165, 1.54) is 6.33 Å². The molecule has 1 atom stereocenters. The lowest BCUT2D eigenvalue weighted by Gasteiger charge is -2.07. The SMILES string of the molecule is CNC(C)c1cncnc1. The Balaban J connectivity index is 2.75. The number of nitrogens with zero attached hydrogens (tertiary/aromatic N) is 2. The van der Waals surface area contributed by atoms with Crippen molar-refractivity contribution < 1.29 is 0 Å². The van der Waals surface area contributed by atoms with Gasteiger partial charge in [0.15, 0.2) is 0 Å². The second-order valence-corrected chi connectivity index (χ2v) is 2.18. The summed E-state index contributed by atoms with van der Waals surface area (Å²) in [6.45, 7) is 2.07. The molecule has 1 N–H and O–H groups in total. The molecule has 0 aliphatic carbocycles. The largest absolute Gasteiger partial charge is 0.313 e. The number of aromatic nitrogens is 2. The van der Waals surface area contributed by atoms with E-state index in [-0.39, 0.29) is 0 Å². The predicted octanol–water partition coefficient (Wildman–Crippen LogP) is 0.757. The zero-order valence-corrected chi connectivity index (χ0v) is 6.20. The molecule has 3 heteroatoms. The zero-order chi connectivity index (χ0) is 7.40. The fraction of sp³-hybridized carbons (Fsp3) is 0.429. The fourth-order valence-electron chi connectivity index (χ4n) is 0.701. The van der Waals surface area contributed by atoms with Crippen molar-refractivity contribution in [2.45, 2.75) is 13.0 Å². The molecule has 0 aliphatic rings. The average Bonchev–Trinajstić information content (AvgIpc) is 2.05. The van der Waals surface area contributed by atoms with Gasteiger partial charge in [-0.1, -0.05) is 0 Å². The van der Waals surface area contributed by atoms with Crippen LogP contribution in [-0.2, 0) is 0 Å². The van der Waals surface area contributed by atoms with Crippen molar-refractivity contribution in [2.24, 2.45) is 0 Å². The Hall–Kier alpha value is -0.960. The molecule has 1 rings (SSSR count). The van der Waals surface area contributed by atoms with E-state index < -0.39 is 0 Å². The van der Waals surface area contributed by atoms with Crippen LogP contribution < -0.4 is 5.32 Å². The quantitative estimate of drug-likeness (QED) is 0.653. The third-order valence-electron chi connectivity index (χ3n) is 1.51. The highest BCUT2D eigenvalue weighted by atomic mass is 14.9. The van der Waals surface area contributed by atoms with Gasteiger partial charge in [0, 0.05) is 24.0 Å². The molecule has 1 aromatic heterocycles. The third-order valence-corrected chi connectivity index (χ3v) is 1.51. The molecule has 1 aromatic rings. The topological polar surface area (TPSA) is 37.8 Å². The summed E-state index contributed by atoms with van der Waals surface area (Å²) in [5.41, 5.74) is 1.12. The molecule has 0 bridgehead atoms. The van der Waals surface area contributed by atoms with Crippen molar-refractivity contribution in [3.8, 4) is 0 Å². The van der Waals surface area contributed by atoms with Gasteiger partial charge < -0.3 is 5.32 Å². The van der Waals surface area contributed by atoms with Gasteiger partial charge in [-0.25, -0.2) is 9.97 Å². The van der Waals surface area contributed by atoms with Crippen LogP contribution in [0, 0.1) is 0 Å². The first-order valence-corrected chi connectivity index (χ1v) is 3.26. The van der Waals surface area contributed by atoms with Crippen LogP contribution in [0.2, 0.25) is 0 Å². The fourth-order valence-corrected chi connectivity index (χ4v) is 0.701. The molecule has 1 unspecified atom stereocenters. The van der Waals surface area contributed by atoms with E-state index in [1.54, 1.807) is 0 Å². The third kappa shape index (κ3) is 1.51. The monoisotopic (exact) mass is 137 g/mol. The Morgan fingerprint density at radius 1 is 1.40 bits per heavy atom. The Bertz CT molecular complexity index is 185. The van der Waals surface area contributed by atoms with E-state index in [1.807, 2.05) is 19.4 Å². The van der Waals surface area contributed by atoms with Crippen molar-refractivity contribution >= 4 is 0 Å². The Kier molecular flexibility index (Phi) is 2.34. The van der Waals surface area contributed by atoms with Gasteiger partial charge >= 0.3 is 0 Å². The maximum atomic E-state index is 3.90. The van der Waals surface area contributed by atoms with E-state index in [0.29, 0.717) is 6.04 Å². The van der Waals surface area contributed by atoms with Crippen molar-refractivity contribution in [2.75, 3.05) is 7.05 Å². The summed E-state index contributed by atoms with van der Waals surface area (Å²) in [6, 6.07) is 0.334. The molecule has 0 fully saturated rings. The number of nitrogens with one attached hydrogen (secondary N) is 1. The standard InChI is InChI=1S/C7H11N3/c1-6(8-2)7-3-9-5-10-4-7/h3-6,8H,1-2H3. The Morgan fingerprint density at radius 2 is 2.00 bits per heavy atom. The minimum atomic E-state index is 0.334. The summed E-state index contributed by atoms with van der Waals surface area (Å²) in [5.74, 6) is 0. The van der Waals surface area contributed by atoms with E-state index >= 15 is 0 Å². The van der Waals surface area contributed by atoms with Gasteiger partial charge in [0.05, 0.1) is 0 Å². The Morgan fingerprint density at radius 3 is 2.50 bits per heavy atom. The summed E-state index contributed by atoms with van der Waals surface area (Å²) in [5, 5.41) is 3.10. The number of hydrogen-bond donors (Lipinski definition) is 1. The lowest BCUT2D eigenvalue weighted by atomic mass is 10.2. The van der Waals surface area contributed by atoms with Crippen LogP contribution in [0.25, 0.3) is 0 Å². The highest BCUT2D eigenvalue weighted by Gasteiger charge is 1.99. The van der Waals surface area contributed by atoms with Gasteiger partial charge in [-0.15, -0.1) is 0 Å². The van der Waals surface area contributed by atoms with Crippen molar-refractivity contribution in [3.05, 3.63) is 24.3 Å².